The smallest absolute Gasteiger partial charge is 0.224 e. The van der Waals surface area contributed by atoms with Gasteiger partial charge in [-0.15, -0.1) is 0 Å². The first-order valence-electron chi connectivity index (χ1n) is 5.01. The molecule has 1 saturated heterocycles. The molecule has 2 rings (SSSR count). The molecule has 2 fully saturated rings. The van der Waals surface area contributed by atoms with Gasteiger partial charge in [-0.2, -0.15) is 0 Å². The molecule has 2 aliphatic rings. The van der Waals surface area contributed by atoms with Crippen molar-refractivity contribution in [3.05, 3.63) is 0 Å². The van der Waals surface area contributed by atoms with Gasteiger partial charge in [0, 0.05) is 36.6 Å². The highest BCUT2D eigenvalue weighted by Crippen LogP contribution is 2.36. The van der Waals surface area contributed by atoms with E-state index in [1.54, 1.807) is 0 Å². The Labute approximate surface area is 92.6 Å². The van der Waals surface area contributed by atoms with Gasteiger partial charge in [-0.05, 0) is 12.8 Å². The van der Waals surface area contributed by atoms with Crippen molar-refractivity contribution in [3.8, 4) is 0 Å². The fourth-order valence-corrected chi connectivity index (χ4v) is 3.50. The topological polar surface area (TPSA) is 46.3 Å². The second-order valence-corrected chi connectivity index (χ2v) is 6.77. The molecule has 1 aliphatic carbocycles. The minimum absolute atomic E-state index is 0.135. The Morgan fingerprint density at radius 3 is 2.36 bits per heavy atom. The molecule has 1 saturated carbocycles. The summed E-state index contributed by atoms with van der Waals surface area (Å²) in [7, 11) is 3.72. The first kappa shape index (κ1) is 10.6. The molecule has 1 aliphatic heterocycles. The van der Waals surface area contributed by atoms with E-state index < -0.39 is 0 Å². The summed E-state index contributed by atoms with van der Waals surface area (Å²) in [5, 5.41) is 0. The molecule has 0 spiro atoms. The van der Waals surface area contributed by atoms with Crippen molar-refractivity contribution in [3.63, 3.8) is 0 Å². The fourth-order valence-electron chi connectivity index (χ4n) is 1.52. The molecular weight excluding hydrogens is 216 g/mol. The third-order valence-corrected chi connectivity index (χ3v) is 5.09. The van der Waals surface area contributed by atoms with Gasteiger partial charge in [0.2, 0.25) is 5.91 Å². The quantitative estimate of drug-likeness (QED) is 0.724. The summed E-state index contributed by atoms with van der Waals surface area (Å²) in [5.74, 6) is 2.36. The van der Waals surface area contributed by atoms with Gasteiger partial charge in [0.1, 0.15) is 0 Å². The Morgan fingerprint density at radius 1 is 1.29 bits per heavy atom. The predicted octanol–water partition coefficient (Wildman–Crippen LogP) is 1.09. The monoisotopic (exact) mass is 232 g/mol. The Bertz CT molecular complexity index is 223. The molecule has 0 aromatic carbocycles. The van der Waals surface area contributed by atoms with Crippen molar-refractivity contribution < 1.29 is 4.79 Å². The van der Waals surface area contributed by atoms with Crippen molar-refractivity contribution >= 4 is 27.5 Å². The normalized spacial score (nSPS) is 25.6. The van der Waals surface area contributed by atoms with E-state index in [-0.39, 0.29) is 11.4 Å². The lowest BCUT2D eigenvalue weighted by Crippen LogP contribution is -2.38. The summed E-state index contributed by atoms with van der Waals surface area (Å²) >= 11 is 0. The summed E-state index contributed by atoms with van der Waals surface area (Å²) in [5.41, 5.74) is 5.80. The summed E-state index contributed by atoms with van der Waals surface area (Å²) < 4.78 is 0. The SMILES string of the molecule is NC1(CC(=O)N2CCSSCC2)CC1. The van der Waals surface area contributed by atoms with Gasteiger partial charge in [0.05, 0.1) is 0 Å². The van der Waals surface area contributed by atoms with Crippen LogP contribution in [-0.4, -0.2) is 40.9 Å². The minimum Gasteiger partial charge on any atom is -0.341 e. The number of carbonyl (C=O) groups is 1. The minimum atomic E-state index is -0.135. The van der Waals surface area contributed by atoms with Crippen LogP contribution >= 0.6 is 21.6 Å². The molecule has 5 heteroatoms. The molecule has 0 bridgehead atoms. The van der Waals surface area contributed by atoms with E-state index in [0.29, 0.717) is 6.42 Å². The number of rotatable bonds is 2. The average molecular weight is 232 g/mol. The highest BCUT2D eigenvalue weighted by atomic mass is 33.1. The molecule has 0 aromatic rings. The van der Waals surface area contributed by atoms with Crippen molar-refractivity contribution in [2.24, 2.45) is 5.73 Å². The summed E-state index contributed by atoms with van der Waals surface area (Å²) in [6, 6.07) is 0. The highest BCUT2D eigenvalue weighted by Gasteiger charge is 2.41. The number of nitrogens with zero attached hydrogens (tertiary/aromatic N) is 1. The molecule has 0 aromatic heterocycles. The molecule has 3 nitrogen and oxygen atoms in total. The second kappa shape index (κ2) is 4.33. The summed E-state index contributed by atoms with van der Waals surface area (Å²) in [6.45, 7) is 1.79. The zero-order chi connectivity index (χ0) is 10.0. The number of amides is 1. The molecule has 0 unspecified atom stereocenters. The van der Waals surface area contributed by atoms with Crippen LogP contribution in [0.3, 0.4) is 0 Å². The van der Waals surface area contributed by atoms with Crippen molar-refractivity contribution in [1.29, 1.82) is 0 Å². The van der Waals surface area contributed by atoms with Gasteiger partial charge >= 0.3 is 0 Å². The molecule has 14 heavy (non-hydrogen) atoms. The second-order valence-electron chi connectivity index (χ2n) is 4.06. The Kier molecular flexibility index (Phi) is 3.29. The first-order chi connectivity index (χ1) is 6.70. The van der Waals surface area contributed by atoms with Crippen LogP contribution in [0.25, 0.3) is 0 Å². The molecule has 0 atom stereocenters. The highest BCUT2D eigenvalue weighted by molar-refractivity contribution is 8.76. The molecule has 2 N–H and O–H groups in total. The largest absolute Gasteiger partial charge is 0.341 e. The van der Waals surface area contributed by atoms with Gasteiger partial charge < -0.3 is 10.6 Å². The third kappa shape index (κ3) is 2.81. The van der Waals surface area contributed by atoms with Crippen LogP contribution in [0.5, 0.6) is 0 Å². The maximum Gasteiger partial charge on any atom is 0.224 e. The fraction of sp³-hybridized carbons (Fsp3) is 0.889. The van der Waals surface area contributed by atoms with Gasteiger partial charge in [-0.3, -0.25) is 4.79 Å². The maximum absolute atomic E-state index is 11.8. The van der Waals surface area contributed by atoms with Crippen LogP contribution in [0.1, 0.15) is 19.3 Å². The van der Waals surface area contributed by atoms with Crippen LogP contribution in [0.15, 0.2) is 0 Å². The van der Waals surface area contributed by atoms with Crippen LogP contribution in [0.2, 0.25) is 0 Å². The lowest BCUT2D eigenvalue weighted by Gasteiger charge is -2.21. The van der Waals surface area contributed by atoms with E-state index in [0.717, 1.165) is 37.4 Å². The Morgan fingerprint density at radius 2 is 1.86 bits per heavy atom. The Hall–Kier alpha value is 0.130. The van der Waals surface area contributed by atoms with Gasteiger partial charge in [-0.25, -0.2) is 0 Å². The molecule has 1 amide bonds. The zero-order valence-electron chi connectivity index (χ0n) is 8.20. The van der Waals surface area contributed by atoms with Gasteiger partial charge in [0.25, 0.3) is 0 Å². The van der Waals surface area contributed by atoms with E-state index in [2.05, 4.69) is 0 Å². The van der Waals surface area contributed by atoms with Crippen LogP contribution in [-0.2, 0) is 4.79 Å². The standard InChI is InChI=1S/C9H16N2OS2/c10-9(1-2-9)7-8(12)11-3-5-13-14-6-4-11/h1-7,10H2. The maximum atomic E-state index is 11.8. The van der Waals surface area contributed by atoms with Crippen molar-refractivity contribution in [2.45, 2.75) is 24.8 Å². The number of hydrogen-bond donors (Lipinski definition) is 1. The van der Waals surface area contributed by atoms with Crippen LogP contribution in [0, 0.1) is 0 Å². The van der Waals surface area contributed by atoms with Crippen molar-refractivity contribution in [1.82, 2.24) is 4.90 Å². The third-order valence-electron chi connectivity index (χ3n) is 2.72. The van der Waals surface area contributed by atoms with E-state index in [9.17, 15) is 4.79 Å². The van der Waals surface area contributed by atoms with Crippen LogP contribution < -0.4 is 5.73 Å². The van der Waals surface area contributed by atoms with E-state index >= 15 is 0 Å². The lowest BCUT2D eigenvalue weighted by atomic mass is 10.2. The van der Waals surface area contributed by atoms with E-state index in [1.165, 1.54) is 0 Å². The van der Waals surface area contributed by atoms with E-state index in [1.807, 2.05) is 26.5 Å². The van der Waals surface area contributed by atoms with Gasteiger partial charge in [0.15, 0.2) is 0 Å². The molecule has 1 heterocycles. The number of carbonyl (C=O) groups excluding carboxylic acids is 1. The van der Waals surface area contributed by atoms with Gasteiger partial charge in [-0.1, -0.05) is 21.6 Å². The van der Waals surface area contributed by atoms with E-state index in [4.69, 9.17) is 5.73 Å². The lowest BCUT2D eigenvalue weighted by molar-refractivity contribution is -0.131. The molecular formula is C9H16N2OS2. The summed E-state index contributed by atoms with van der Waals surface area (Å²) in [4.78, 5) is 13.8. The average Bonchev–Trinajstić information content (AvgIpc) is 2.89. The summed E-state index contributed by atoms with van der Waals surface area (Å²) in [6.07, 6.45) is 2.61. The molecule has 0 radical (unpaired) electrons. The predicted molar refractivity (Wildman–Crippen MR) is 62.3 cm³/mol. The number of hydrogen-bond acceptors (Lipinski definition) is 4. The number of nitrogens with two attached hydrogens (primary N) is 1. The van der Waals surface area contributed by atoms with Crippen LogP contribution in [0.4, 0.5) is 0 Å². The molecule has 80 valence electrons. The first-order valence-corrected chi connectivity index (χ1v) is 7.50. The zero-order valence-corrected chi connectivity index (χ0v) is 9.83. The van der Waals surface area contributed by atoms with Crippen molar-refractivity contribution in [2.75, 3.05) is 24.6 Å². The Balaban J connectivity index is 1.83.